The summed E-state index contributed by atoms with van der Waals surface area (Å²) >= 11 is 20.5. The Kier molecular flexibility index (Phi) is 6.92. The van der Waals surface area contributed by atoms with Crippen molar-refractivity contribution in [2.24, 2.45) is 0 Å². The first-order valence-corrected chi connectivity index (χ1v) is 8.37. The van der Waals surface area contributed by atoms with Gasteiger partial charge in [0, 0.05) is 23.9 Å². The van der Waals surface area contributed by atoms with E-state index in [0.717, 1.165) is 9.75 Å². The Bertz CT molecular complexity index is 409. The lowest BCUT2D eigenvalue weighted by molar-refractivity contribution is 0.0913. The van der Waals surface area contributed by atoms with Crippen LogP contribution in [-0.2, 0) is 19.3 Å². The Balaban J connectivity index is 3.11. The molecule has 0 saturated heterocycles. The molecule has 2 atom stereocenters. The third-order valence-electron chi connectivity index (χ3n) is 2.36. The monoisotopic (exact) mass is 352 g/mol. The van der Waals surface area contributed by atoms with Gasteiger partial charge in [-0.25, -0.2) is 0 Å². The van der Waals surface area contributed by atoms with Crippen LogP contribution in [-0.4, -0.2) is 23.9 Å². The maximum Gasteiger partial charge on any atom is 0.174 e. The summed E-state index contributed by atoms with van der Waals surface area (Å²) in [6.07, 6.45) is 0. The number of thiophene rings is 1. The summed E-state index contributed by atoms with van der Waals surface area (Å²) in [4.78, 5) is 0.0420. The Morgan fingerprint density at radius 2 is 1.42 bits per heavy atom. The Labute approximate surface area is 139 Å². The fourth-order valence-electron chi connectivity index (χ4n) is 1.49. The molecule has 2 nitrogen and oxygen atoms in total. The molecule has 0 bridgehead atoms. The van der Waals surface area contributed by atoms with E-state index in [4.69, 9.17) is 33.9 Å². The van der Waals surface area contributed by atoms with Crippen LogP contribution in [0, 0.1) is 0 Å². The van der Waals surface area contributed by atoms with Gasteiger partial charge in [-0.2, -0.15) is 0 Å². The van der Waals surface area contributed by atoms with Gasteiger partial charge < -0.3 is 9.47 Å². The van der Waals surface area contributed by atoms with Crippen LogP contribution in [0.3, 0.4) is 0 Å². The van der Waals surface area contributed by atoms with Gasteiger partial charge in [-0.15, -0.1) is 36.6 Å². The molecule has 0 aliphatic carbocycles. The van der Waals surface area contributed by atoms with Crippen molar-refractivity contribution in [1.29, 1.82) is 0 Å². The minimum absolute atomic E-state index is 0.522. The van der Waals surface area contributed by atoms with Crippen LogP contribution in [0.4, 0.5) is 0 Å². The van der Waals surface area contributed by atoms with E-state index in [9.17, 15) is 0 Å². The Hall–Kier alpha value is 0.500. The van der Waals surface area contributed by atoms with Crippen molar-refractivity contribution >= 4 is 71.8 Å². The molecule has 106 valence electrons. The van der Waals surface area contributed by atoms with Gasteiger partial charge in [0.1, 0.15) is 0 Å². The van der Waals surface area contributed by atoms with Gasteiger partial charge in [0.15, 0.2) is 9.87 Å². The van der Waals surface area contributed by atoms with Crippen molar-refractivity contribution in [3.63, 3.8) is 0 Å². The molecule has 1 aromatic rings. The molecule has 2 unspecified atom stereocenters. The standard InChI is InChI=1S/C12H16O2S5/c1-3-13-11(17,7-15)9-5-6-10(19-9)12(18,8-16)14-4-2/h5-8,17-18H,3-4H2,1-2H3. The first kappa shape index (κ1) is 17.6. The predicted octanol–water partition coefficient (Wildman–Crippen LogP) is 3.99. The minimum Gasteiger partial charge on any atom is -0.355 e. The van der Waals surface area contributed by atoms with E-state index < -0.39 is 9.87 Å². The maximum absolute atomic E-state index is 5.60. The number of rotatable bonds is 8. The fraction of sp³-hybridized carbons (Fsp3) is 0.500. The molecule has 0 aromatic carbocycles. The zero-order chi connectivity index (χ0) is 14.5. The molecule has 7 heteroatoms. The first-order chi connectivity index (χ1) is 8.95. The van der Waals surface area contributed by atoms with E-state index in [1.807, 2.05) is 26.0 Å². The quantitative estimate of drug-likeness (QED) is 0.418. The molecule has 0 aliphatic rings. The molecule has 0 fully saturated rings. The molecule has 1 aromatic heterocycles. The highest BCUT2D eigenvalue weighted by Crippen LogP contribution is 2.40. The van der Waals surface area contributed by atoms with Crippen LogP contribution in [0.5, 0.6) is 0 Å². The van der Waals surface area contributed by atoms with E-state index >= 15 is 0 Å². The Morgan fingerprint density at radius 1 is 1.05 bits per heavy atom. The summed E-state index contributed by atoms with van der Waals surface area (Å²) in [6.45, 7) is 4.85. The summed E-state index contributed by atoms with van der Waals surface area (Å²) in [5, 5.41) is 3.01. The maximum atomic E-state index is 5.60. The van der Waals surface area contributed by atoms with E-state index in [-0.39, 0.29) is 0 Å². The molecular formula is C12H16O2S5. The first-order valence-electron chi connectivity index (χ1n) is 5.71. The lowest BCUT2D eigenvalue weighted by atomic mass is 10.2. The molecule has 1 rings (SSSR count). The fourth-order valence-corrected chi connectivity index (χ4v) is 3.75. The van der Waals surface area contributed by atoms with Gasteiger partial charge in [0.25, 0.3) is 0 Å². The van der Waals surface area contributed by atoms with Crippen LogP contribution >= 0.6 is 61.0 Å². The molecule has 0 aliphatic heterocycles. The van der Waals surface area contributed by atoms with E-state index in [1.165, 1.54) is 22.1 Å². The van der Waals surface area contributed by atoms with Gasteiger partial charge >= 0.3 is 0 Å². The summed E-state index contributed by atoms with van der Waals surface area (Å²) in [5.41, 5.74) is 0. The summed E-state index contributed by atoms with van der Waals surface area (Å²) in [6, 6.07) is 3.82. The Morgan fingerprint density at radius 3 is 1.68 bits per heavy atom. The largest absolute Gasteiger partial charge is 0.355 e. The number of hydrogen-bond donors (Lipinski definition) is 2. The third kappa shape index (κ3) is 4.00. The number of thiol groups is 2. The van der Waals surface area contributed by atoms with Gasteiger partial charge in [-0.3, -0.25) is 0 Å². The topological polar surface area (TPSA) is 18.5 Å². The SMILES string of the molecule is CCOC(S)(C=S)c1ccc(C(S)(C=S)OCC)s1. The highest BCUT2D eigenvalue weighted by atomic mass is 32.1. The molecule has 0 N–H and O–H groups in total. The average molecular weight is 353 g/mol. The molecule has 0 saturated carbocycles. The number of ether oxygens (including phenoxy) is 2. The summed E-state index contributed by atoms with van der Waals surface area (Å²) in [7, 11) is 0. The van der Waals surface area contributed by atoms with Gasteiger partial charge in [0.2, 0.25) is 0 Å². The highest BCUT2D eigenvalue weighted by molar-refractivity contribution is 7.86. The predicted molar refractivity (Wildman–Crippen MR) is 96.2 cm³/mol. The van der Waals surface area contributed by atoms with Gasteiger partial charge in [-0.1, -0.05) is 24.4 Å². The van der Waals surface area contributed by atoms with Crippen LogP contribution in [0.25, 0.3) is 0 Å². The van der Waals surface area contributed by atoms with E-state index in [2.05, 4.69) is 25.3 Å². The number of thiocarbonyl (C=S) groups is 2. The van der Waals surface area contributed by atoms with Crippen molar-refractivity contribution in [2.45, 2.75) is 23.7 Å². The molecule has 19 heavy (non-hydrogen) atoms. The lowest BCUT2D eigenvalue weighted by Gasteiger charge is -2.24. The van der Waals surface area contributed by atoms with Gasteiger partial charge in [0.05, 0.1) is 9.75 Å². The molecule has 0 radical (unpaired) electrons. The van der Waals surface area contributed by atoms with Crippen LogP contribution in [0.1, 0.15) is 23.6 Å². The second-order valence-corrected chi connectivity index (χ2v) is 6.54. The molecule has 1 heterocycles. The highest BCUT2D eigenvalue weighted by Gasteiger charge is 2.32. The summed E-state index contributed by atoms with van der Waals surface area (Å²) in [5.74, 6) is 0. The lowest BCUT2D eigenvalue weighted by Crippen LogP contribution is -2.24. The van der Waals surface area contributed by atoms with Crippen molar-refractivity contribution in [3.8, 4) is 0 Å². The molecular weight excluding hydrogens is 336 g/mol. The minimum atomic E-state index is -0.866. The van der Waals surface area contributed by atoms with Crippen LogP contribution in [0.2, 0.25) is 0 Å². The van der Waals surface area contributed by atoms with Crippen molar-refractivity contribution in [1.82, 2.24) is 0 Å². The second kappa shape index (κ2) is 7.49. The van der Waals surface area contributed by atoms with Gasteiger partial charge in [-0.05, 0) is 26.0 Å². The van der Waals surface area contributed by atoms with Crippen molar-refractivity contribution in [3.05, 3.63) is 21.9 Å². The van der Waals surface area contributed by atoms with Crippen LogP contribution < -0.4 is 0 Å². The molecule has 0 amide bonds. The average Bonchev–Trinajstić information content (AvgIpc) is 2.90. The van der Waals surface area contributed by atoms with E-state index in [1.54, 1.807) is 0 Å². The summed E-state index contributed by atoms with van der Waals surface area (Å²) < 4.78 is 11.2. The van der Waals surface area contributed by atoms with Crippen molar-refractivity contribution < 1.29 is 9.47 Å². The zero-order valence-corrected chi connectivity index (χ0v) is 14.9. The van der Waals surface area contributed by atoms with Crippen molar-refractivity contribution in [2.75, 3.05) is 13.2 Å². The smallest absolute Gasteiger partial charge is 0.174 e. The normalized spacial score (nSPS) is 17.5. The van der Waals surface area contributed by atoms with E-state index in [0.29, 0.717) is 13.2 Å². The van der Waals surface area contributed by atoms with Crippen LogP contribution in [0.15, 0.2) is 12.1 Å². The molecule has 0 spiro atoms. The number of hydrogen-bond acceptors (Lipinski definition) is 7. The third-order valence-corrected chi connectivity index (χ3v) is 5.99. The second-order valence-electron chi connectivity index (χ2n) is 3.66. The zero-order valence-electron chi connectivity index (χ0n) is 10.7.